The van der Waals surface area contributed by atoms with E-state index in [1.54, 1.807) is 0 Å². The van der Waals surface area contributed by atoms with Gasteiger partial charge in [-0.1, -0.05) is 6.92 Å². The smallest absolute Gasteiger partial charge is 0.150 e. The van der Waals surface area contributed by atoms with E-state index in [2.05, 4.69) is 23.6 Å². The molecule has 0 amide bonds. The number of hydrogen-bond acceptors (Lipinski definition) is 3. The topological polar surface area (TPSA) is 23.6 Å². The zero-order valence-corrected chi connectivity index (χ0v) is 10.6. The number of anilines is 1. The summed E-state index contributed by atoms with van der Waals surface area (Å²) in [6.07, 6.45) is 0.890. The van der Waals surface area contributed by atoms with E-state index in [9.17, 15) is 4.79 Å². The van der Waals surface area contributed by atoms with Gasteiger partial charge in [0, 0.05) is 36.9 Å². The Labute approximate surface area is 103 Å². The summed E-state index contributed by atoms with van der Waals surface area (Å²) in [5.74, 6) is 0. The highest BCUT2D eigenvalue weighted by Crippen LogP contribution is 2.19. The lowest BCUT2D eigenvalue weighted by Crippen LogP contribution is -2.51. The molecule has 0 spiro atoms. The van der Waals surface area contributed by atoms with Crippen LogP contribution in [0, 0.1) is 0 Å². The number of hydrogen-bond donors (Lipinski definition) is 0. The number of aldehydes is 1. The van der Waals surface area contributed by atoms with Gasteiger partial charge < -0.3 is 4.90 Å². The van der Waals surface area contributed by atoms with E-state index >= 15 is 0 Å². The molecule has 1 aliphatic rings. The lowest BCUT2D eigenvalue weighted by Gasteiger charge is -2.40. The van der Waals surface area contributed by atoms with Crippen molar-refractivity contribution in [2.24, 2.45) is 0 Å². The molecule has 2 rings (SSSR count). The molecule has 1 aromatic rings. The van der Waals surface area contributed by atoms with Crippen molar-refractivity contribution in [2.45, 2.75) is 19.9 Å². The number of carbonyl (C=O) groups excluding carboxylic acids is 1. The van der Waals surface area contributed by atoms with Crippen LogP contribution in [0.4, 0.5) is 5.69 Å². The first-order valence-electron chi connectivity index (χ1n) is 6.29. The largest absolute Gasteiger partial charge is 0.369 e. The zero-order chi connectivity index (χ0) is 12.3. The highest BCUT2D eigenvalue weighted by atomic mass is 16.1. The van der Waals surface area contributed by atoms with Crippen LogP contribution in [0.2, 0.25) is 0 Å². The summed E-state index contributed by atoms with van der Waals surface area (Å²) in [4.78, 5) is 15.5. The third kappa shape index (κ3) is 2.67. The molecule has 1 atom stereocenters. The van der Waals surface area contributed by atoms with E-state index in [0.29, 0.717) is 6.04 Å². The van der Waals surface area contributed by atoms with Crippen molar-refractivity contribution in [3.05, 3.63) is 29.8 Å². The maximum atomic E-state index is 10.6. The van der Waals surface area contributed by atoms with Crippen LogP contribution in [0.3, 0.4) is 0 Å². The van der Waals surface area contributed by atoms with E-state index in [4.69, 9.17) is 0 Å². The minimum absolute atomic E-state index is 0.597. The highest BCUT2D eigenvalue weighted by molar-refractivity contribution is 5.75. The Balaban J connectivity index is 2.05. The van der Waals surface area contributed by atoms with E-state index in [0.717, 1.165) is 38.0 Å². The Morgan fingerprint density at radius 3 is 2.53 bits per heavy atom. The van der Waals surface area contributed by atoms with E-state index < -0.39 is 0 Å². The summed E-state index contributed by atoms with van der Waals surface area (Å²) in [5, 5.41) is 0. The van der Waals surface area contributed by atoms with Gasteiger partial charge in [0.15, 0.2) is 0 Å². The van der Waals surface area contributed by atoms with Gasteiger partial charge in [-0.3, -0.25) is 9.69 Å². The summed E-state index contributed by atoms with van der Waals surface area (Å²) in [6, 6.07) is 8.45. The molecule has 0 saturated carbocycles. The first-order chi connectivity index (χ1) is 8.24. The van der Waals surface area contributed by atoms with Crippen molar-refractivity contribution < 1.29 is 4.79 Å². The average molecular weight is 232 g/mol. The fraction of sp³-hybridized carbons (Fsp3) is 0.500. The lowest BCUT2D eigenvalue weighted by molar-refractivity contribution is 0.112. The quantitative estimate of drug-likeness (QED) is 0.745. The SMILES string of the molecule is CCN1CCN(c2ccc(C=O)cc2)CC1C. The molecule has 0 aromatic heterocycles. The Kier molecular flexibility index (Phi) is 3.79. The van der Waals surface area contributed by atoms with Crippen LogP contribution in [0.1, 0.15) is 24.2 Å². The molecule has 0 bridgehead atoms. The molecule has 1 fully saturated rings. The molecule has 92 valence electrons. The van der Waals surface area contributed by atoms with E-state index in [1.807, 2.05) is 24.3 Å². The van der Waals surface area contributed by atoms with Crippen LogP contribution >= 0.6 is 0 Å². The third-order valence-electron chi connectivity index (χ3n) is 3.57. The summed E-state index contributed by atoms with van der Waals surface area (Å²) in [5.41, 5.74) is 1.96. The minimum Gasteiger partial charge on any atom is -0.369 e. The Morgan fingerprint density at radius 1 is 1.29 bits per heavy atom. The Morgan fingerprint density at radius 2 is 2.00 bits per heavy atom. The van der Waals surface area contributed by atoms with Crippen LogP contribution in [-0.4, -0.2) is 43.4 Å². The van der Waals surface area contributed by atoms with Gasteiger partial charge in [0.2, 0.25) is 0 Å². The second-order valence-electron chi connectivity index (χ2n) is 4.63. The lowest BCUT2D eigenvalue weighted by atomic mass is 10.1. The van der Waals surface area contributed by atoms with Gasteiger partial charge in [0.1, 0.15) is 6.29 Å². The van der Waals surface area contributed by atoms with Gasteiger partial charge in [-0.15, -0.1) is 0 Å². The van der Waals surface area contributed by atoms with Crippen molar-refractivity contribution in [1.29, 1.82) is 0 Å². The number of carbonyl (C=O) groups is 1. The van der Waals surface area contributed by atoms with E-state index in [1.165, 1.54) is 5.69 Å². The van der Waals surface area contributed by atoms with Gasteiger partial charge in [-0.05, 0) is 37.7 Å². The molecule has 0 aliphatic carbocycles. The third-order valence-corrected chi connectivity index (χ3v) is 3.57. The summed E-state index contributed by atoms with van der Waals surface area (Å²) < 4.78 is 0. The first kappa shape index (κ1) is 12.1. The molecule has 1 heterocycles. The number of benzene rings is 1. The molecule has 1 unspecified atom stereocenters. The molecular weight excluding hydrogens is 212 g/mol. The average Bonchev–Trinajstić information content (AvgIpc) is 2.39. The predicted octanol–water partition coefficient (Wildman–Crippen LogP) is 2.03. The van der Waals surface area contributed by atoms with Gasteiger partial charge in [-0.2, -0.15) is 0 Å². The van der Waals surface area contributed by atoms with Gasteiger partial charge in [0.25, 0.3) is 0 Å². The Bertz CT molecular complexity index is 374. The second-order valence-corrected chi connectivity index (χ2v) is 4.63. The van der Waals surface area contributed by atoms with Crippen LogP contribution < -0.4 is 4.90 Å². The monoisotopic (exact) mass is 232 g/mol. The van der Waals surface area contributed by atoms with Gasteiger partial charge >= 0.3 is 0 Å². The molecule has 1 saturated heterocycles. The molecule has 0 N–H and O–H groups in total. The molecular formula is C14H20N2O. The maximum Gasteiger partial charge on any atom is 0.150 e. The molecule has 17 heavy (non-hydrogen) atoms. The zero-order valence-electron chi connectivity index (χ0n) is 10.6. The van der Waals surface area contributed by atoms with Crippen molar-refractivity contribution in [3.63, 3.8) is 0 Å². The summed E-state index contributed by atoms with van der Waals surface area (Å²) >= 11 is 0. The maximum absolute atomic E-state index is 10.6. The predicted molar refractivity (Wildman–Crippen MR) is 70.8 cm³/mol. The fourth-order valence-corrected chi connectivity index (χ4v) is 2.46. The number of piperazine rings is 1. The molecule has 1 aromatic carbocycles. The molecule has 0 radical (unpaired) electrons. The van der Waals surface area contributed by atoms with Gasteiger partial charge in [0.05, 0.1) is 0 Å². The van der Waals surface area contributed by atoms with E-state index in [-0.39, 0.29) is 0 Å². The summed E-state index contributed by atoms with van der Waals surface area (Å²) in [6.45, 7) is 8.86. The number of rotatable bonds is 3. The van der Waals surface area contributed by atoms with Crippen LogP contribution in [0.5, 0.6) is 0 Å². The van der Waals surface area contributed by atoms with Crippen LogP contribution in [-0.2, 0) is 0 Å². The number of nitrogens with zero attached hydrogens (tertiary/aromatic N) is 2. The minimum atomic E-state index is 0.597. The van der Waals surface area contributed by atoms with Crippen molar-refractivity contribution >= 4 is 12.0 Å². The molecule has 1 aliphatic heterocycles. The second kappa shape index (κ2) is 5.32. The van der Waals surface area contributed by atoms with Crippen molar-refractivity contribution in [3.8, 4) is 0 Å². The fourth-order valence-electron chi connectivity index (χ4n) is 2.46. The normalized spacial score (nSPS) is 21.5. The highest BCUT2D eigenvalue weighted by Gasteiger charge is 2.22. The Hall–Kier alpha value is -1.35. The standard InChI is InChI=1S/C14H20N2O/c1-3-15-8-9-16(10-12(15)2)14-6-4-13(11-17)5-7-14/h4-7,11-12H,3,8-10H2,1-2H3. The first-order valence-corrected chi connectivity index (χ1v) is 6.29. The van der Waals surface area contributed by atoms with Crippen molar-refractivity contribution in [2.75, 3.05) is 31.1 Å². The van der Waals surface area contributed by atoms with Crippen molar-refractivity contribution in [1.82, 2.24) is 4.90 Å². The number of likely N-dealkylation sites (N-methyl/N-ethyl adjacent to an activating group) is 1. The van der Waals surface area contributed by atoms with Gasteiger partial charge in [-0.25, -0.2) is 0 Å². The van der Waals surface area contributed by atoms with Crippen LogP contribution in [0.15, 0.2) is 24.3 Å². The molecule has 3 heteroatoms. The molecule has 3 nitrogen and oxygen atoms in total. The summed E-state index contributed by atoms with van der Waals surface area (Å²) in [7, 11) is 0. The van der Waals surface area contributed by atoms with Crippen LogP contribution in [0.25, 0.3) is 0 Å².